The molecule has 1 heterocycles. The lowest BCUT2D eigenvalue weighted by atomic mass is 9.96. The van der Waals surface area contributed by atoms with Crippen LogP contribution >= 0.6 is 0 Å². The van der Waals surface area contributed by atoms with Crippen LogP contribution in [0.4, 0.5) is 5.69 Å². The monoisotopic (exact) mass is 380 g/mol. The van der Waals surface area contributed by atoms with Gasteiger partial charge in [0.25, 0.3) is 5.91 Å². The fourth-order valence-electron chi connectivity index (χ4n) is 4.17. The highest BCUT2D eigenvalue weighted by molar-refractivity contribution is 5.80. The number of carbonyl (C=O) groups is 1. The number of rotatable bonds is 7. The number of aryl methyl sites for hydroxylation is 1. The van der Waals surface area contributed by atoms with Gasteiger partial charge in [-0.2, -0.15) is 0 Å². The van der Waals surface area contributed by atoms with Crippen LogP contribution in [0.2, 0.25) is 0 Å². The molecular weight excluding hydrogens is 346 g/mol. The minimum Gasteiger partial charge on any atom is -0.360 e. The van der Waals surface area contributed by atoms with Gasteiger partial charge >= 0.3 is 0 Å². The number of piperazine rings is 1. The SMILES string of the molecule is CC[C@@H](CNC(=O)[C@@H](C)[NH+]1CCN(c2ccccc2C)CC1)c1ccccc1. The van der Waals surface area contributed by atoms with Gasteiger partial charge in [-0.25, -0.2) is 0 Å². The van der Waals surface area contributed by atoms with E-state index < -0.39 is 0 Å². The van der Waals surface area contributed by atoms with Gasteiger partial charge in [-0.05, 0) is 37.5 Å². The quantitative estimate of drug-likeness (QED) is 0.774. The predicted octanol–water partition coefficient (Wildman–Crippen LogP) is 2.40. The molecule has 0 aliphatic carbocycles. The van der Waals surface area contributed by atoms with Crippen molar-refractivity contribution in [3.05, 3.63) is 65.7 Å². The number of carbonyl (C=O) groups excluding carboxylic acids is 1. The first-order chi connectivity index (χ1) is 13.6. The lowest BCUT2D eigenvalue weighted by Gasteiger charge is -2.36. The van der Waals surface area contributed by atoms with E-state index in [1.165, 1.54) is 21.7 Å². The van der Waals surface area contributed by atoms with Crippen LogP contribution in [0.1, 0.15) is 37.3 Å². The molecule has 4 nitrogen and oxygen atoms in total. The van der Waals surface area contributed by atoms with E-state index in [0.29, 0.717) is 12.5 Å². The Morgan fingerprint density at radius 1 is 1.07 bits per heavy atom. The Bertz CT molecular complexity index is 753. The topological polar surface area (TPSA) is 36.8 Å². The van der Waals surface area contributed by atoms with E-state index in [-0.39, 0.29) is 11.9 Å². The van der Waals surface area contributed by atoms with Crippen LogP contribution in [-0.2, 0) is 4.79 Å². The molecule has 1 fully saturated rings. The van der Waals surface area contributed by atoms with E-state index in [2.05, 4.69) is 79.5 Å². The number of nitrogens with zero attached hydrogens (tertiary/aromatic N) is 1. The van der Waals surface area contributed by atoms with Crippen molar-refractivity contribution >= 4 is 11.6 Å². The molecule has 3 rings (SSSR count). The Hall–Kier alpha value is -2.33. The first-order valence-corrected chi connectivity index (χ1v) is 10.6. The van der Waals surface area contributed by atoms with Gasteiger partial charge in [0, 0.05) is 18.2 Å². The van der Waals surface area contributed by atoms with Crippen molar-refractivity contribution in [1.82, 2.24) is 5.32 Å². The van der Waals surface area contributed by atoms with Crippen molar-refractivity contribution in [2.75, 3.05) is 37.6 Å². The summed E-state index contributed by atoms with van der Waals surface area (Å²) in [5.74, 6) is 0.555. The third-order valence-corrected chi connectivity index (χ3v) is 6.15. The third-order valence-electron chi connectivity index (χ3n) is 6.15. The zero-order valence-corrected chi connectivity index (χ0v) is 17.4. The van der Waals surface area contributed by atoms with Crippen molar-refractivity contribution in [3.63, 3.8) is 0 Å². The number of anilines is 1. The van der Waals surface area contributed by atoms with Crippen molar-refractivity contribution in [1.29, 1.82) is 0 Å². The molecule has 1 saturated heterocycles. The molecular formula is C24H34N3O+. The van der Waals surface area contributed by atoms with Crippen LogP contribution < -0.4 is 15.1 Å². The van der Waals surface area contributed by atoms with E-state index in [9.17, 15) is 4.79 Å². The number of hydrogen-bond donors (Lipinski definition) is 2. The summed E-state index contributed by atoms with van der Waals surface area (Å²) < 4.78 is 0. The molecule has 0 radical (unpaired) electrons. The maximum absolute atomic E-state index is 12.8. The first kappa shape index (κ1) is 20.4. The molecule has 2 aromatic carbocycles. The molecule has 0 saturated carbocycles. The van der Waals surface area contributed by atoms with E-state index in [1.807, 2.05) is 6.07 Å². The molecule has 2 atom stereocenters. The minimum absolute atomic E-state index is 0.00713. The Morgan fingerprint density at radius 2 is 1.71 bits per heavy atom. The molecule has 1 aliphatic heterocycles. The average Bonchev–Trinajstić information content (AvgIpc) is 2.75. The van der Waals surface area contributed by atoms with Gasteiger partial charge in [0.15, 0.2) is 6.04 Å². The Balaban J connectivity index is 1.50. The lowest BCUT2D eigenvalue weighted by molar-refractivity contribution is -0.914. The van der Waals surface area contributed by atoms with Crippen LogP contribution in [0.25, 0.3) is 0 Å². The van der Waals surface area contributed by atoms with Gasteiger partial charge in [0.1, 0.15) is 0 Å². The van der Waals surface area contributed by atoms with Crippen LogP contribution in [0, 0.1) is 6.92 Å². The second kappa shape index (κ2) is 9.74. The number of amides is 1. The molecule has 1 aliphatic rings. The molecule has 28 heavy (non-hydrogen) atoms. The molecule has 1 amide bonds. The van der Waals surface area contributed by atoms with Crippen LogP contribution in [-0.4, -0.2) is 44.7 Å². The van der Waals surface area contributed by atoms with Crippen molar-refractivity contribution in [3.8, 4) is 0 Å². The van der Waals surface area contributed by atoms with E-state index in [0.717, 1.165) is 32.6 Å². The summed E-state index contributed by atoms with van der Waals surface area (Å²) >= 11 is 0. The summed E-state index contributed by atoms with van der Waals surface area (Å²) in [6.07, 6.45) is 1.03. The van der Waals surface area contributed by atoms with Gasteiger partial charge in [-0.15, -0.1) is 0 Å². The van der Waals surface area contributed by atoms with Crippen molar-refractivity contribution in [2.45, 2.75) is 39.2 Å². The standard InChI is InChI=1S/C24H33N3O/c1-4-21(22-11-6-5-7-12-22)18-25-24(28)20(3)26-14-16-27(17-15-26)23-13-9-8-10-19(23)2/h5-13,20-21H,4,14-18H2,1-3H3,(H,25,28)/p+1/t20-,21+/m1/s1. The summed E-state index contributed by atoms with van der Waals surface area (Å²) in [6, 6.07) is 19.0. The fourth-order valence-corrected chi connectivity index (χ4v) is 4.17. The third kappa shape index (κ3) is 4.93. The molecule has 4 heteroatoms. The molecule has 0 spiro atoms. The number of nitrogens with one attached hydrogen (secondary N) is 2. The van der Waals surface area contributed by atoms with E-state index in [4.69, 9.17) is 0 Å². The molecule has 2 N–H and O–H groups in total. The average molecular weight is 381 g/mol. The minimum atomic E-state index is -0.00713. The summed E-state index contributed by atoms with van der Waals surface area (Å²) in [6.45, 7) is 11.1. The smallest absolute Gasteiger partial charge is 0.278 e. The molecule has 0 aromatic heterocycles. The number of benzene rings is 2. The van der Waals surface area contributed by atoms with E-state index in [1.54, 1.807) is 0 Å². The lowest BCUT2D eigenvalue weighted by Crippen LogP contribution is -3.19. The number of quaternary nitrogens is 1. The molecule has 150 valence electrons. The maximum atomic E-state index is 12.8. The summed E-state index contributed by atoms with van der Waals surface area (Å²) in [7, 11) is 0. The molecule has 2 aromatic rings. The Kier molecular flexibility index (Phi) is 7.10. The van der Waals surface area contributed by atoms with Crippen LogP contribution in [0.15, 0.2) is 54.6 Å². The second-order valence-corrected chi connectivity index (χ2v) is 7.91. The van der Waals surface area contributed by atoms with Gasteiger partial charge in [-0.1, -0.05) is 55.5 Å². The fraction of sp³-hybridized carbons (Fsp3) is 0.458. The Morgan fingerprint density at radius 3 is 2.36 bits per heavy atom. The summed E-state index contributed by atoms with van der Waals surface area (Å²) in [4.78, 5) is 16.6. The van der Waals surface area contributed by atoms with Gasteiger partial charge in [-0.3, -0.25) is 4.79 Å². The largest absolute Gasteiger partial charge is 0.360 e. The molecule has 0 bridgehead atoms. The van der Waals surface area contributed by atoms with Crippen LogP contribution in [0.3, 0.4) is 0 Å². The van der Waals surface area contributed by atoms with E-state index >= 15 is 0 Å². The van der Waals surface area contributed by atoms with Crippen molar-refractivity contribution < 1.29 is 9.69 Å². The van der Waals surface area contributed by atoms with Gasteiger partial charge in [0.05, 0.1) is 26.2 Å². The summed E-state index contributed by atoms with van der Waals surface area (Å²) in [5, 5.41) is 3.21. The highest BCUT2D eigenvalue weighted by Gasteiger charge is 2.29. The first-order valence-electron chi connectivity index (χ1n) is 10.6. The zero-order valence-electron chi connectivity index (χ0n) is 17.4. The second-order valence-electron chi connectivity index (χ2n) is 7.91. The number of hydrogen-bond acceptors (Lipinski definition) is 2. The predicted molar refractivity (Wildman–Crippen MR) is 116 cm³/mol. The highest BCUT2D eigenvalue weighted by Crippen LogP contribution is 2.19. The van der Waals surface area contributed by atoms with Crippen molar-refractivity contribution in [2.24, 2.45) is 0 Å². The van der Waals surface area contributed by atoms with Gasteiger partial charge < -0.3 is 15.1 Å². The highest BCUT2D eigenvalue weighted by atomic mass is 16.2. The number of para-hydroxylation sites is 1. The normalized spacial score (nSPS) is 17.2. The van der Waals surface area contributed by atoms with Crippen LogP contribution in [0.5, 0.6) is 0 Å². The van der Waals surface area contributed by atoms with Gasteiger partial charge in [0.2, 0.25) is 0 Å². The summed E-state index contributed by atoms with van der Waals surface area (Å²) in [5.41, 5.74) is 3.95. The zero-order chi connectivity index (χ0) is 19.9. The Labute approximate surface area is 169 Å². The molecule has 0 unspecified atom stereocenters. The maximum Gasteiger partial charge on any atom is 0.278 e.